The minimum Gasteiger partial charge on any atom is -0.490 e. The molecule has 238 valence electrons. The Kier molecular flexibility index (Phi) is 10.6. The van der Waals surface area contributed by atoms with Gasteiger partial charge in [-0.05, 0) is 117 Å². The third-order valence-corrected chi connectivity index (χ3v) is 10.1. The quantitative estimate of drug-likeness (QED) is 0.163. The zero-order valence-electron chi connectivity index (χ0n) is 25.6. The lowest BCUT2D eigenvalue weighted by molar-refractivity contribution is 0.249. The van der Waals surface area contributed by atoms with Gasteiger partial charge >= 0.3 is 0 Å². The van der Waals surface area contributed by atoms with Crippen LogP contribution in [-0.4, -0.2) is 6.61 Å². The molecule has 0 bridgehead atoms. The van der Waals surface area contributed by atoms with Crippen molar-refractivity contribution in [3.63, 3.8) is 0 Å². The summed E-state index contributed by atoms with van der Waals surface area (Å²) in [6, 6.07) is 8.75. The number of unbranched alkanes of at least 4 members (excludes halogenated alkanes) is 1. The first-order valence-corrected chi connectivity index (χ1v) is 16.2. The van der Waals surface area contributed by atoms with Crippen LogP contribution < -0.4 is 4.74 Å². The van der Waals surface area contributed by atoms with Crippen LogP contribution in [0.2, 0.25) is 0 Å². The van der Waals surface area contributed by atoms with Gasteiger partial charge in [0.25, 0.3) is 0 Å². The Morgan fingerprint density at radius 3 is 1.59 bits per heavy atom. The molecule has 1 nitrogen and oxygen atoms in total. The van der Waals surface area contributed by atoms with Crippen molar-refractivity contribution in [1.82, 2.24) is 0 Å². The smallest absolute Gasteiger partial charge is 0.201 e. The minimum atomic E-state index is -1.25. The summed E-state index contributed by atoms with van der Waals surface area (Å²) in [7, 11) is 0. The molecule has 0 unspecified atom stereocenters. The molecule has 44 heavy (non-hydrogen) atoms. The Hall–Kier alpha value is -2.96. The van der Waals surface area contributed by atoms with Crippen molar-refractivity contribution < 1.29 is 31.1 Å². The van der Waals surface area contributed by atoms with Gasteiger partial charge < -0.3 is 4.74 Å². The van der Waals surface area contributed by atoms with Gasteiger partial charge in [0.15, 0.2) is 34.8 Å². The topological polar surface area (TPSA) is 9.23 Å². The lowest BCUT2D eigenvalue weighted by Gasteiger charge is -2.32. The molecule has 0 aromatic heterocycles. The molecule has 0 spiro atoms. The summed E-state index contributed by atoms with van der Waals surface area (Å²) in [6.45, 7) is 3.77. The molecule has 7 heteroatoms. The van der Waals surface area contributed by atoms with Gasteiger partial charge in [0.2, 0.25) is 5.82 Å². The van der Waals surface area contributed by atoms with Gasteiger partial charge in [0.05, 0.1) is 6.61 Å². The van der Waals surface area contributed by atoms with Gasteiger partial charge in [0, 0.05) is 11.1 Å². The molecule has 0 aliphatic heterocycles. The van der Waals surface area contributed by atoms with Crippen LogP contribution in [-0.2, 0) is 0 Å². The molecule has 0 heterocycles. The molecular weight excluding hydrogens is 574 g/mol. The molecule has 2 aliphatic carbocycles. The van der Waals surface area contributed by atoms with Crippen LogP contribution in [0, 0.1) is 53.7 Å². The number of ether oxygens (including phenoxy) is 1. The van der Waals surface area contributed by atoms with Crippen LogP contribution in [0.4, 0.5) is 26.3 Å². The normalized spacial score (nSPS) is 22.3. The van der Waals surface area contributed by atoms with E-state index in [0.29, 0.717) is 34.9 Å². The standard InChI is InChI=1S/C37H42F6O/c1-3-4-21-44-31-20-19-30(36(42)37(31)43)29-18-17-28(34(40)35(29)41)26-14-10-24(11-15-26)7-6-23-8-12-25(13-9-23)27-16-5-22(2)32(38)33(27)39/h5,16-20,23-26H,3-4,6-15,21H2,1-2H3. The van der Waals surface area contributed by atoms with Crippen molar-refractivity contribution in [2.24, 2.45) is 11.8 Å². The van der Waals surface area contributed by atoms with Gasteiger partial charge in [-0.3, -0.25) is 0 Å². The number of hydrogen-bond donors (Lipinski definition) is 0. The van der Waals surface area contributed by atoms with Crippen LogP contribution in [0.25, 0.3) is 11.1 Å². The maximum atomic E-state index is 15.3. The van der Waals surface area contributed by atoms with E-state index in [1.54, 1.807) is 19.1 Å². The van der Waals surface area contributed by atoms with E-state index < -0.39 is 34.9 Å². The zero-order valence-corrected chi connectivity index (χ0v) is 25.6. The van der Waals surface area contributed by atoms with Crippen LogP contribution in [0.5, 0.6) is 5.75 Å². The van der Waals surface area contributed by atoms with E-state index in [4.69, 9.17) is 4.74 Å². The maximum Gasteiger partial charge on any atom is 0.201 e. The molecule has 0 atom stereocenters. The van der Waals surface area contributed by atoms with E-state index in [1.807, 2.05) is 6.92 Å². The lowest BCUT2D eigenvalue weighted by atomic mass is 9.73. The van der Waals surface area contributed by atoms with Gasteiger partial charge in [-0.25, -0.2) is 22.0 Å². The SMILES string of the molecule is CCCCOc1ccc(-c2ccc(C3CCC(CCC4CCC(c5ccc(C)c(F)c5F)CC4)CC3)c(F)c2F)c(F)c1F. The average molecular weight is 617 g/mol. The van der Waals surface area contributed by atoms with Crippen LogP contribution in [0.15, 0.2) is 36.4 Å². The molecular formula is C37H42F6O. The first kappa shape index (κ1) is 32.4. The Morgan fingerprint density at radius 1 is 0.568 bits per heavy atom. The summed E-state index contributed by atoms with van der Waals surface area (Å²) in [5.41, 5.74) is 0.497. The Balaban J connectivity index is 1.13. The Labute approximate surface area is 257 Å². The predicted octanol–water partition coefficient (Wildman–Crippen LogP) is 11.7. The highest BCUT2D eigenvalue weighted by Crippen LogP contribution is 2.43. The summed E-state index contributed by atoms with van der Waals surface area (Å²) in [5.74, 6) is -5.24. The first-order chi connectivity index (χ1) is 21.2. The summed E-state index contributed by atoms with van der Waals surface area (Å²) < 4.78 is 93.8. The molecule has 0 radical (unpaired) electrons. The second-order valence-electron chi connectivity index (χ2n) is 12.9. The Morgan fingerprint density at radius 2 is 1.05 bits per heavy atom. The maximum absolute atomic E-state index is 15.3. The van der Waals surface area contributed by atoms with E-state index in [0.717, 1.165) is 70.6 Å². The Bertz CT molecular complexity index is 1440. The summed E-state index contributed by atoms with van der Waals surface area (Å²) >= 11 is 0. The highest BCUT2D eigenvalue weighted by Gasteiger charge is 2.30. The van der Waals surface area contributed by atoms with Crippen LogP contribution in [0.3, 0.4) is 0 Å². The van der Waals surface area contributed by atoms with Crippen LogP contribution in [0.1, 0.15) is 112 Å². The fourth-order valence-corrected chi connectivity index (χ4v) is 7.24. The molecule has 2 fully saturated rings. The summed E-state index contributed by atoms with van der Waals surface area (Å²) in [5, 5.41) is 0. The van der Waals surface area contributed by atoms with Gasteiger partial charge in [-0.2, -0.15) is 4.39 Å². The van der Waals surface area contributed by atoms with Gasteiger partial charge in [-0.1, -0.05) is 50.5 Å². The summed E-state index contributed by atoms with van der Waals surface area (Å²) in [6.07, 6.45) is 10.8. The molecule has 2 aliphatic rings. The monoisotopic (exact) mass is 616 g/mol. The van der Waals surface area contributed by atoms with E-state index >= 15 is 8.78 Å². The van der Waals surface area contributed by atoms with Crippen molar-refractivity contribution >= 4 is 0 Å². The lowest BCUT2D eigenvalue weighted by Crippen LogP contribution is -2.18. The zero-order chi connectivity index (χ0) is 31.4. The second-order valence-corrected chi connectivity index (χ2v) is 12.9. The van der Waals surface area contributed by atoms with Crippen molar-refractivity contribution in [3.8, 4) is 16.9 Å². The average Bonchev–Trinajstić information content (AvgIpc) is 3.03. The molecule has 0 amide bonds. The van der Waals surface area contributed by atoms with Crippen molar-refractivity contribution in [2.45, 2.75) is 103 Å². The third-order valence-electron chi connectivity index (χ3n) is 10.1. The van der Waals surface area contributed by atoms with Gasteiger partial charge in [-0.15, -0.1) is 0 Å². The number of halogens is 6. The molecule has 0 saturated heterocycles. The predicted molar refractivity (Wildman–Crippen MR) is 162 cm³/mol. The highest BCUT2D eigenvalue weighted by atomic mass is 19.2. The molecule has 3 aromatic rings. The number of rotatable bonds is 10. The fourth-order valence-electron chi connectivity index (χ4n) is 7.24. The third kappa shape index (κ3) is 6.97. The van der Waals surface area contributed by atoms with E-state index in [-0.39, 0.29) is 35.3 Å². The first-order valence-electron chi connectivity index (χ1n) is 16.2. The molecule has 2 saturated carbocycles. The second kappa shape index (κ2) is 14.4. The van der Waals surface area contributed by atoms with E-state index in [1.165, 1.54) is 24.3 Å². The number of benzene rings is 3. The highest BCUT2D eigenvalue weighted by molar-refractivity contribution is 5.66. The van der Waals surface area contributed by atoms with E-state index in [2.05, 4.69) is 0 Å². The van der Waals surface area contributed by atoms with Crippen LogP contribution >= 0.6 is 0 Å². The fraction of sp³-hybridized carbons (Fsp3) is 0.514. The molecule has 5 rings (SSSR count). The van der Waals surface area contributed by atoms with Crippen molar-refractivity contribution in [3.05, 3.63) is 88.0 Å². The van der Waals surface area contributed by atoms with Crippen molar-refractivity contribution in [2.75, 3.05) is 6.61 Å². The van der Waals surface area contributed by atoms with Crippen molar-refractivity contribution in [1.29, 1.82) is 0 Å². The van der Waals surface area contributed by atoms with Gasteiger partial charge in [0.1, 0.15) is 0 Å². The minimum absolute atomic E-state index is 0.0675. The number of aryl methyl sites for hydroxylation is 1. The summed E-state index contributed by atoms with van der Waals surface area (Å²) in [4.78, 5) is 0. The number of hydrogen-bond acceptors (Lipinski definition) is 1. The largest absolute Gasteiger partial charge is 0.490 e. The molecule has 3 aromatic carbocycles. The van der Waals surface area contributed by atoms with E-state index in [9.17, 15) is 17.6 Å². The molecule has 0 N–H and O–H groups in total.